The van der Waals surface area contributed by atoms with Gasteiger partial charge in [0, 0.05) is 12.1 Å². The van der Waals surface area contributed by atoms with Gasteiger partial charge in [-0.3, -0.25) is 0 Å². The van der Waals surface area contributed by atoms with Gasteiger partial charge >= 0.3 is 0 Å². The molecule has 2 heterocycles. The molecule has 2 unspecified atom stereocenters. The van der Waals surface area contributed by atoms with Gasteiger partial charge in [0.25, 0.3) is 0 Å². The molecule has 0 radical (unpaired) electrons. The third-order valence-electron chi connectivity index (χ3n) is 4.37. The molecule has 2 bridgehead atoms. The molecule has 3 rings (SSSR count). The van der Waals surface area contributed by atoms with Gasteiger partial charge in [0.05, 0.1) is 12.2 Å². The maximum absolute atomic E-state index is 10.9. The average molecular weight is 261 g/mol. The second-order valence-corrected chi connectivity index (χ2v) is 5.95. The Morgan fingerprint density at radius 1 is 1.21 bits per heavy atom. The lowest BCUT2D eigenvalue weighted by molar-refractivity contribution is -0.0114. The number of fused-ring (bicyclic) bond motifs is 2. The normalized spacial score (nSPS) is 33.4. The maximum Gasteiger partial charge on any atom is 0.119 e. The van der Waals surface area contributed by atoms with Crippen LogP contribution in [0.5, 0.6) is 5.75 Å². The molecular weight excluding hydrogens is 238 g/mol. The van der Waals surface area contributed by atoms with Crippen molar-refractivity contribution < 1.29 is 9.84 Å². The van der Waals surface area contributed by atoms with Crippen molar-refractivity contribution in [1.29, 1.82) is 0 Å². The predicted molar refractivity (Wildman–Crippen MR) is 75.3 cm³/mol. The number of hydrogen-bond donors (Lipinski definition) is 2. The summed E-state index contributed by atoms with van der Waals surface area (Å²) in [6.45, 7) is 2.85. The van der Waals surface area contributed by atoms with Crippen LogP contribution >= 0.6 is 0 Å². The largest absolute Gasteiger partial charge is 0.494 e. The summed E-state index contributed by atoms with van der Waals surface area (Å²) >= 11 is 0. The Morgan fingerprint density at radius 2 is 1.84 bits per heavy atom. The Kier molecular flexibility index (Phi) is 3.50. The summed E-state index contributed by atoms with van der Waals surface area (Å²) < 4.78 is 5.59. The van der Waals surface area contributed by atoms with Gasteiger partial charge in [-0.05, 0) is 49.8 Å². The van der Waals surface area contributed by atoms with Gasteiger partial charge in [0.15, 0.2) is 0 Å². The van der Waals surface area contributed by atoms with Crippen molar-refractivity contribution in [2.24, 2.45) is 0 Å². The molecule has 0 aliphatic carbocycles. The van der Waals surface area contributed by atoms with Crippen LogP contribution in [0.4, 0.5) is 0 Å². The maximum atomic E-state index is 10.9. The third kappa shape index (κ3) is 2.63. The van der Waals surface area contributed by atoms with Crippen LogP contribution in [0.1, 0.15) is 44.6 Å². The Bertz CT molecular complexity index is 417. The fourth-order valence-corrected chi connectivity index (χ4v) is 3.44. The third-order valence-corrected chi connectivity index (χ3v) is 4.37. The standard InChI is InChI=1S/C16H23NO2/c1-2-9-19-15-7-3-12(4-8-15)16(18)10-13-5-6-14(11-16)17-13/h3-4,7-8,13-14,17-18H,2,5-6,9-11H2,1H3. The summed E-state index contributed by atoms with van der Waals surface area (Å²) in [5.74, 6) is 0.895. The summed E-state index contributed by atoms with van der Waals surface area (Å²) in [5, 5.41) is 14.5. The topological polar surface area (TPSA) is 41.5 Å². The van der Waals surface area contributed by atoms with E-state index in [1.54, 1.807) is 0 Å². The fraction of sp³-hybridized carbons (Fsp3) is 0.625. The Labute approximate surface area is 115 Å². The van der Waals surface area contributed by atoms with E-state index >= 15 is 0 Å². The molecule has 0 aromatic heterocycles. The zero-order valence-electron chi connectivity index (χ0n) is 11.6. The van der Waals surface area contributed by atoms with Gasteiger partial charge in [0.1, 0.15) is 5.75 Å². The van der Waals surface area contributed by atoms with Gasteiger partial charge in [-0.15, -0.1) is 0 Å². The van der Waals surface area contributed by atoms with Crippen LogP contribution in [0.25, 0.3) is 0 Å². The number of benzene rings is 1. The number of rotatable bonds is 4. The SMILES string of the molecule is CCCOc1ccc(C2(O)CC3CCC(C2)N3)cc1. The number of aliphatic hydroxyl groups is 1. The van der Waals surface area contributed by atoms with Crippen LogP contribution in [0.3, 0.4) is 0 Å². The second-order valence-electron chi connectivity index (χ2n) is 5.95. The molecule has 2 fully saturated rings. The van der Waals surface area contributed by atoms with E-state index in [1.807, 2.05) is 24.3 Å². The Morgan fingerprint density at radius 3 is 2.42 bits per heavy atom. The highest BCUT2D eigenvalue weighted by molar-refractivity contribution is 5.32. The summed E-state index contributed by atoms with van der Waals surface area (Å²) in [7, 11) is 0. The van der Waals surface area contributed by atoms with Gasteiger partial charge < -0.3 is 15.2 Å². The number of piperidine rings is 1. The molecule has 0 spiro atoms. The van der Waals surface area contributed by atoms with Crippen molar-refractivity contribution in [3.05, 3.63) is 29.8 Å². The fourth-order valence-electron chi connectivity index (χ4n) is 3.44. The Balaban J connectivity index is 1.74. The second kappa shape index (κ2) is 5.14. The molecule has 2 atom stereocenters. The smallest absolute Gasteiger partial charge is 0.119 e. The van der Waals surface area contributed by atoms with Crippen molar-refractivity contribution in [3.63, 3.8) is 0 Å². The number of nitrogens with one attached hydrogen (secondary N) is 1. The molecule has 2 aliphatic rings. The summed E-state index contributed by atoms with van der Waals surface area (Å²) in [6, 6.07) is 8.98. The quantitative estimate of drug-likeness (QED) is 0.875. The summed E-state index contributed by atoms with van der Waals surface area (Å²) in [5.41, 5.74) is 0.384. The minimum absolute atomic E-state index is 0.486. The van der Waals surface area contributed by atoms with Crippen molar-refractivity contribution in [2.45, 2.75) is 56.7 Å². The first-order valence-corrected chi connectivity index (χ1v) is 7.41. The van der Waals surface area contributed by atoms with Crippen molar-refractivity contribution in [2.75, 3.05) is 6.61 Å². The molecular formula is C16H23NO2. The molecule has 1 aromatic rings. The zero-order valence-corrected chi connectivity index (χ0v) is 11.6. The lowest BCUT2D eigenvalue weighted by Crippen LogP contribution is -2.46. The van der Waals surface area contributed by atoms with E-state index in [0.717, 1.165) is 37.2 Å². The lowest BCUT2D eigenvalue weighted by atomic mass is 9.81. The summed E-state index contributed by atoms with van der Waals surface area (Å²) in [6.07, 6.45) is 5.08. The van der Waals surface area contributed by atoms with Crippen LogP contribution < -0.4 is 10.1 Å². The first-order valence-electron chi connectivity index (χ1n) is 7.41. The molecule has 2 N–H and O–H groups in total. The molecule has 0 amide bonds. The van der Waals surface area contributed by atoms with E-state index in [2.05, 4.69) is 12.2 Å². The van der Waals surface area contributed by atoms with Crippen molar-refractivity contribution in [1.82, 2.24) is 5.32 Å². The molecule has 3 nitrogen and oxygen atoms in total. The minimum Gasteiger partial charge on any atom is -0.494 e. The first-order chi connectivity index (χ1) is 9.19. The van der Waals surface area contributed by atoms with Crippen molar-refractivity contribution >= 4 is 0 Å². The predicted octanol–water partition coefficient (Wildman–Crippen LogP) is 2.58. The van der Waals surface area contributed by atoms with Crippen LogP contribution in [-0.4, -0.2) is 23.8 Å². The van der Waals surface area contributed by atoms with Crippen LogP contribution in [0, 0.1) is 0 Å². The summed E-state index contributed by atoms with van der Waals surface area (Å²) in [4.78, 5) is 0. The number of ether oxygens (including phenoxy) is 1. The van der Waals surface area contributed by atoms with Gasteiger partial charge in [-0.25, -0.2) is 0 Å². The Hall–Kier alpha value is -1.06. The van der Waals surface area contributed by atoms with Gasteiger partial charge in [0.2, 0.25) is 0 Å². The first kappa shape index (κ1) is 12.9. The highest BCUT2D eigenvalue weighted by Crippen LogP contribution is 2.40. The van der Waals surface area contributed by atoms with E-state index in [9.17, 15) is 5.11 Å². The molecule has 2 aliphatic heterocycles. The number of hydrogen-bond acceptors (Lipinski definition) is 3. The highest BCUT2D eigenvalue weighted by Gasteiger charge is 2.43. The zero-order chi connectivity index (χ0) is 13.3. The lowest BCUT2D eigenvalue weighted by Gasteiger charge is -2.37. The van der Waals surface area contributed by atoms with Crippen LogP contribution in [0.15, 0.2) is 24.3 Å². The molecule has 104 valence electrons. The van der Waals surface area contributed by atoms with Gasteiger partial charge in [-0.1, -0.05) is 19.1 Å². The monoisotopic (exact) mass is 261 g/mol. The average Bonchev–Trinajstić information content (AvgIpc) is 2.77. The molecule has 19 heavy (non-hydrogen) atoms. The van der Waals surface area contributed by atoms with Crippen LogP contribution in [-0.2, 0) is 5.60 Å². The molecule has 1 aromatic carbocycles. The molecule has 2 saturated heterocycles. The van der Waals surface area contributed by atoms with E-state index < -0.39 is 5.60 Å². The van der Waals surface area contributed by atoms with Crippen molar-refractivity contribution in [3.8, 4) is 5.75 Å². The van der Waals surface area contributed by atoms with E-state index in [-0.39, 0.29) is 0 Å². The minimum atomic E-state index is -0.652. The molecule has 3 heteroatoms. The van der Waals surface area contributed by atoms with E-state index in [0.29, 0.717) is 12.1 Å². The van der Waals surface area contributed by atoms with Gasteiger partial charge in [-0.2, -0.15) is 0 Å². The van der Waals surface area contributed by atoms with E-state index in [1.165, 1.54) is 12.8 Å². The van der Waals surface area contributed by atoms with Crippen LogP contribution in [0.2, 0.25) is 0 Å². The molecule has 0 saturated carbocycles. The highest BCUT2D eigenvalue weighted by atomic mass is 16.5. The van der Waals surface area contributed by atoms with E-state index in [4.69, 9.17) is 4.74 Å².